The highest BCUT2D eigenvalue weighted by Gasteiger charge is 2.42. The van der Waals surface area contributed by atoms with Crippen molar-refractivity contribution in [2.45, 2.75) is 57.1 Å². The average Bonchev–Trinajstić information content (AvgIpc) is 2.55. The number of rotatable bonds is 6. The second-order valence-corrected chi connectivity index (χ2v) is 6.34. The molecule has 1 unspecified atom stereocenters. The number of nitrogens with one attached hydrogen (secondary N) is 1. The standard InChI is InChI=1S/C17H22ClNO4/c1-2-14(23-13-8-6-12(18)7-9-13)15(20)19-17(16(21)22)10-4-3-5-11-17/h6-9,14H,2-5,10-11H2,1H3,(H,19,20)(H,21,22). The zero-order valence-electron chi connectivity index (χ0n) is 13.2. The van der Waals surface area contributed by atoms with Crippen molar-refractivity contribution in [2.75, 3.05) is 0 Å². The molecule has 6 heteroatoms. The molecule has 0 bridgehead atoms. The lowest BCUT2D eigenvalue weighted by atomic mass is 9.81. The Balaban J connectivity index is 2.06. The zero-order valence-corrected chi connectivity index (χ0v) is 13.9. The van der Waals surface area contributed by atoms with Crippen LogP contribution in [0.3, 0.4) is 0 Å². The Morgan fingerprint density at radius 2 is 1.87 bits per heavy atom. The third-order valence-corrected chi connectivity index (χ3v) is 4.49. The fourth-order valence-electron chi connectivity index (χ4n) is 2.86. The molecule has 0 heterocycles. The van der Waals surface area contributed by atoms with Crippen molar-refractivity contribution < 1.29 is 19.4 Å². The van der Waals surface area contributed by atoms with E-state index in [4.69, 9.17) is 16.3 Å². The van der Waals surface area contributed by atoms with Gasteiger partial charge < -0.3 is 15.2 Å². The topological polar surface area (TPSA) is 75.6 Å². The minimum Gasteiger partial charge on any atom is -0.481 e. The predicted octanol–water partition coefficient (Wildman–Crippen LogP) is 3.40. The number of carbonyl (C=O) groups is 2. The highest BCUT2D eigenvalue weighted by Crippen LogP contribution is 2.29. The van der Waals surface area contributed by atoms with E-state index in [1.54, 1.807) is 24.3 Å². The molecule has 0 radical (unpaired) electrons. The molecule has 1 atom stereocenters. The summed E-state index contributed by atoms with van der Waals surface area (Å²) in [5.41, 5.74) is -1.16. The van der Waals surface area contributed by atoms with Crippen molar-refractivity contribution in [3.63, 3.8) is 0 Å². The molecule has 2 N–H and O–H groups in total. The van der Waals surface area contributed by atoms with Crippen molar-refractivity contribution >= 4 is 23.5 Å². The van der Waals surface area contributed by atoms with Gasteiger partial charge in [0.1, 0.15) is 11.3 Å². The maximum Gasteiger partial charge on any atom is 0.329 e. The van der Waals surface area contributed by atoms with Crippen molar-refractivity contribution in [1.29, 1.82) is 0 Å². The Kier molecular flexibility index (Phi) is 5.88. The van der Waals surface area contributed by atoms with E-state index in [9.17, 15) is 14.7 Å². The van der Waals surface area contributed by atoms with Gasteiger partial charge in [0.2, 0.25) is 0 Å². The Hall–Kier alpha value is -1.75. The number of carbonyl (C=O) groups excluding carboxylic acids is 1. The molecule has 1 aromatic rings. The molecule has 1 fully saturated rings. The summed E-state index contributed by atoms with van der Waals surface area (Å²) in [5.74, 6) is -0.817. The fraction of sp³-hybridized carbons (Fsp3) is 0.529. The van der Waals surface area contributed by atoms with Gasteiger partial charge in [-0.2, -0.15) is 0 Å². The first-order chi connectivity index (χ1) is 11.0. The molecule has 2 rings (SSSR count). The highest BCUT2D eigenvalue weighted by molar-refractivity contribution is 6.30. The van der Waals surface area contributed by atoms with Crippen LogP contribution in [0, 0.1) is 0 Å². The van der Waals surface area contributed by atoms with Gasteiger partial charge in [-0.05, 0) is 43.5 Å². The van der Waals surface area contributed by atoms with Crippen LogP contribution in [0.15, 0.2) is 24.3 Å². The summed E-state index contributed by atoms with van der Waals surface area (Å²) in [4.78, 5) is 24.1. The maximum absolute atomic E-state index is 12.5. The van der Waals surface area contributed by atoms with Crippen LogP contribution < -0.4 is 10.1 Å². The number of hydrogen-bond acceptors (Lipinski definition) is 3. The summed E-state index contributed by atoms with van der Waals surface area (Å²) < 4.78 is 5.68. The van der Waals surface area contributed by atoms with Crippen molar-refractivity contribution in [2.24, 2.45) is 0 Å². The smallest absolute Gasteiger partial charge is 0.329 e. The van der Waals surface area contributed by atoms with Gasteiger partial charge in [-0.15, -0.1) is 0 Å². The van der Waals surface area contributed by atoms with Crippen molar-refractivity contribution in [1.82, 2.24) is 5.32 Å². The lowest BCUT2D eigenvalue weighted by molar-refractivity contribution is -0.150. The second kappa shape index (κ2) is 7.68. The number of benzene rings is 1. The molecule has 1 aromatic carbocycles. The van der Waals surface area contributed by atoms with E-state index >= 15 is 0 Å². The van der Waals surface area contributed by atoms with Crippen LogP contribution in [0.1, 0.15) is 45.4 Å². The Morgan fingerprint density at radius 3 is 2.39 bits per heavy atom. The Labute approximate surface area is 141 Å². The highest BCUT2D eigenvalue weighted by atomic mass is 35.5. The minimum atomic E-state index is -1.16. The van der Waals surface area contributed by atoms with E-state index < -0.39 is 17.6 Å². The lowest BCUT2D eigenvalue weighted by Gasteiger charge is -2.35. The Bertz CT molecular complexity index is 552. The molecule has 0 aromatic heterocycles. The van der Waals surface area contributed by atoms with Crippen LogP contribution in [-0.2, 0) is 9.59 Å². The van der Waals surface area contributed by atoms with Gasteiger partial charge in [-0.1, -0.05) is 37.8 Å². The van der Waals surface area contributed by atoms with Crippen LogP contribution in [0.25, 0.3) is 0 Å². The van der Waals surface area contributed by atoms with Gasteiger partial charge in [0.05, 0.1) is 0 Å². The van der Waals surface area contributed by atoms with Crippen molar-refractivity contribution in [3.05, 3.63) is 29.3 Å². The normalized spacial score (nSPS) is 18.0. The van der Waals surface area contributed by atoms with E-state index in [1.165, 1.54) is 0 Å². The quantitative estimate of drug-likeness (QED) is 0.832. The number of ether oxygens (including phenoxy) is 1. The molecular weight excluding hydrogens is 318 g/mol. The predicted molar refractivity (Wildman–Crippen MR) is 87.8 cm³/mol. The summed E-state index contributed by atoms with van der Waals surface area (Å²) in [6.45, 7) is 1.83. The van der Waals surface area contributed by atoms with E-state index in [-0.39, 0.29) is 5.91 Å². The van der Waals surface area contributed by atoms with Crippen molar-refractivity contribution in [3.8, 4) is 5.75 Å². The van der Waals surface area contributed by atoms with E-state index in [1.807, 2.05) is 6.92 Å². The SMILES string of the molecule is CCC(Oc1ccc(Cl)cc1)C(=O)NC1(C(=O)O)CCCCC1. The zero-order chi connectivity index (χ0) is 16.9. The molecule has 0 spiro atoms. The number of carboxylic acids is 1. The number of hydrogen-bond donors (Lipinski definition) is 2. The van der Waals surface area contributed by atoms with Crippen LogP contribution in [0.2, 0.25) is 5.02 Å². The van der Waals surface area contributed by atoms with Gasteiger partial charge in [-0.3, -0.25) is 4.79 Å². The van der Waals surface area contributed by atoms with E-state index in [2.05, 4.69) is 5.32 Å². The summed E-state index contributed by atoms with van der Waals surface area (Å²) in [5, 5.41) is 12.9. The average molecular weight is 340 g/mol. The number of amides is 1. The summed E-state index contributed by atoms with van der Waals surface area (Å²) in [6, 6.07) is 6.74. The van der Waals surface area contributed by atoms with Crippen LogP contribution in [-0.4, -0.2) is 28.6 Å². The molecular formula is C17H22ClNO4. The Morgan fingerprint density at radius 1 is 1.26 bits per heavy atom. The van der Waals surface area contributed by atoms with Gasteiger partial charge in [0, 0.05) is 5.02 Å². The summed E-state index contributed by atoms with van der Waals surface area (Å²) in [7, 11) is 0. The molecule has 126 valence electrons. The largest absolute Gasteiger partial charge is 0.481 e. The maximum atomic E-state index is 12.5. The van der Waals surface area contributed by atoms with E-state index in [0.29, 0.717) is 30.0 Å². The second-order valence-electron chi connectivity index (χ2n) is 5.91. The molecule has 0 aliphatic heterocycles. The van der Waals surface area contributed by atoms with E-state index in [0.717, 1.165) is 19.3 Å². The third kappa shape index (κ3) is 4.38. The molecule has 23 heavy (non-hydrogen) atoms. The lowest BCUT2D eigenvalue weighted by Crippen LogP contribution is -2.58. The van der Waals surface area contributed by atoms with Gasteiger partial charge in [-0.25, -0.2) is 4.79 Å². The first-order valence-electron chi connectivity index (χ1n) is 7.94. The number of aliphatic carboxylic acids is 1. The number of carboxylic acid groups (broad SMARTS) is 1. The number of halogens is 1. The monoisotopic (exact) mass is 339 g/mol. The summed E-state index contributed by atoms with van der Waals surface area (Å²) >= 11 is 5.83. The van der Waals surface area contributed by atoms with Crippen LogP contribution in [0.4, 0.5) is 0 Å². The third-order valence-electron chi connectivity index (χ3n) is 4.23. The molecule has 1 aliphatic rings. The molecule has 1 aliphatic carbocycles. The minimum absolute atomic E-state index is 0.383. The molecule has 1 amide bonds. The fourth-order valence-corrected chi connectivity index (χ4v) is 2.99. The first-order valence-corrected chi connectivity index (χ1v) is 8.32. The van der Waals surface area contributed by atoms with Crippen LogP contribution >= 0.6 is 11.6 Å². The van der Waals surface area contributed by atoms with Crippen LogP contribution in [0.5, 0.6) is 5.75 Å². The molecule has 1 saturated carbocycles. The first kappa shape index (κ1) is 17.6. The molecule has 0 saturated heterocycles. The summed E-state index contributed by atoms with van der Waals surface area (Å²) in [6.07, 6.45) is 3.27. The van der Waals surface area contributed by atoms with Gasteiger partial charge in [0.15, 0.2) is 6.10 Å². The molecule has 5 nitrogen and oxygen atoms in total. The van der Waals surface area contributed by atoms with Gasteiger partial charge in [0.25, 0.3) is 5.91 Å². The van der Waals surface area contributed by atoms with Gasteiger partial charge >= 0.3 is 5.97 Å².